The number of hydrogen-bond acceptors (Lipinski definition) is 4. The van der Waals surface area contributed by atoms with Crippen molar-refractivity contribution < 1.29 is 4.79 Å². The normalized spacial score (nSPS) is 11.3. The van der Waals surface area contributed by atoms with Crippen molar-refractivity contribution >= 4 is 34.8 Å². The number of amides is 1. The van der Waals surface area contributed by atoms with E-state index >= 15 is 0 Å². The van der Waals surface area contributed by atoms with Gasteiger partial charge in [-0.15, -0.1) is 11.3 Å². The van der Waals surface area contributed by atoms with Gasteiger partial charge in [-0.3, -0.25) is 9.79 Å². The smallest absolute Gasteiger partial charge is 0.263 e. The molecule has 2 rings (SSSR count). The maximum atomic E-state index is 12.0. The minimum absolute atomic E-state index is 0.0903. The highest BCUT2D eigenvalue weighted by Crippen LogP contribution is 2.15. The van der Waals surface area contributed by atoms with E-state index in [0.29, 0.717) is 24.5 Å². The predicted molar refractivity (Wildman–Crippen MR) is 108 cm³/mol. The van der Waals surface area contributed by atoms with E-state index in [4.69, 9.17) is 11.6 Å². The van der Waals surface area contributed by atoms with E-state index in [2.05, 4.69) is 25.9 Å². The number of guanidine groups is 1. The Kier molecular flexibility index (Phi) is 8.37. The van der Waals surface area contributed by atoms with Crippen LogP contribution in [-0.2, 0) is 6.42 Å². The summed E-state index contributed by atoms with van der Waals surface area (Å²) in [5.74, 6) is 0.634. The van der Waals surface area contributed by atoms with Crippen molar-refractivity contribution in [2.24, 2.45) is 4.99 Å². The molecule has 140 valence electrons. The molecular formula is C18H24ClN5OS. The molecule has 0 radical (unpaired) electrons. The zero-order valence-electron chi connectivity index (χ0n) is 15.0. The van der Waals surface area contributed by atoms with Crippen LogP contribution in [-0.4, -0.2) is 43.0 Å². The van der Waals surface area contributed by atoms with Gasteiger partial charge in [0.2, 0.25) is 0 Å². The third-order valence-corrected chi connectivity index (χ3v) is 4.90. The first-order chi connectivity index (χ1) is 12.6. The zero-order valence-corrected chi connectivity index (χ0v) is 16.6. The van der Waals surface area contributed by atoms with Crippen molar-refractivity contribution in [1.82, 2.24) is 20.9 Å². The summed E-state index contributed by atoms with van der Waals surface area (Å²) in [6.45, 7) is 6.33. The summed E-state index contributed by atoms with van der Waals surface area (Å²) in [6, 6.07) is 7.79. The van der Waals surface area contributed by atoms with Crippen LogP contribution in [0.4, 0.5) is 0 Å². The molecule has 2 aromatic rings. The highest BCUT2D eigenvalue weighted by Gasteiger charge is 2.10. The van der Waals surface area contributed by atoms with Gasteiger partial charge in [0.15, 0.2) is 5.96 Å². The Morgan fingerprint density at radius 3 is 2.69 bits per heavy atom. The first-order valence-corrected chi connectivity index (χ1v) is 9.81. The van der Waals surface area contributed by atoms with Crippen molar-refractivity contribution in [2.45, 2.75) is 20.3 Å². The molecule has 8 heteroatoms. The van der Waals surface area contributed by atoms with Crippen LogP contribution >= 0.6 is 22.9 Å². The van der Waals surface area contributed by atoms with Gasteiger partial charge < -0.3 is 16.0 Å². The van der Waals surface area contributed by atoms with Gasteiger partial charge >= 0.3 is 0 Å². The predicted octanol–water partition coefficient (Wildman–Crippen LogP) is 2.63. The van der Waals surface area contributed by atoms with E-state index in [0.717, 1.165) is 35.2 Å². The molecule has 0 atom stereocenters. The van der Waals surface area contributed by atoms with Crippen LogP contribution in [0.2, 0.25) is 5.02 Å². The third-order valence-electron chi connectivity index (χ3n) is 3.61. The lowest BCUT2D eigenvalue weighted by Crippen LogP contribution is -2.41. The number of carbonyl (C=O) groups excluding carboxylic acids is 1. The third kappa shape index (κ3) is 6.31. The summed E-state index contributed by atoms with van der Waals surface area (Å²) in [5, 5.41) is 10.1. The number of nitrogens with zero attached hydrogens (tertiary/aromatic N) is 2. The van der Waals surface area contributed by atoms with Crippen molar-refractivity contribution in [3.8, 4) is 0 Å². The molecule has 0 unspecified atom stereocenters. The lowest BCUT2D eigenvalue weighted by atomic mass is 10.1. The molecule has 26 heavy (non-hydrogen) atoms. The fourth-order valence-corrected chi connectivity index (χ4v) is 3.24. The molecule has 0 saturated carbocycles. The number of benzene rings is 1. The van der Waals surface area contributed by atoms with E-state index < -0.39 is 0 Å². The minimum atomic E-state index is -0.0903. The van der Waals surface area contributed by atoms with Crippen LogP contribution in [0.1, 0.15) is 27.9 Å². The molecule has 0 spiro atoms. The zero-order chi connectivity index (χ0) is 18.8. The second kappa shape index (κ2) is 10.8. The summed E-state index contributed by atoms with van der Waals surface area (Å²) >= 11 is 7.51. The van der Waals surface area contributed by atoms with Crippen LogP contribution in [0.15, 0.2) is 34.8 Å². The number of halogens is 1. The Balaban J connectivity index is 1.76. The quantitative estimate of drug-likeness (QED) is 0.366. The average Bonchev–Trinajstić information content (AvgIpc) is 3.06. The van der Waals surface area contributed by atoms with Crippen LogP contribution in [0.25, 0.3) is 0 Å². The second-order valence-corrected chi connectivity index (χ2v) is 6.81. The number of rotatable bonds is 8. The van der Waals surface area contributed by atoms with Crippen LogP contribution in [0, 0.1) is 6.92 Å². The monoisotopic (exact) mass is 393 g/mol. The van der Waals surface area contributed by atoms with E-state index in [-0.39, 0.29) is 5.91 Å². The summed E-state index contributed by atoms with van der Waals surface area (Å²) in [4.78, 5) is 21.3. The molecule has 6 nitrogen and oxygen atoms in total. The molecule has 0 aliphatic heterocycles. The number of carbonyl (C=O) groups is 1. The van der Waals surface area contributed by atoms with Gasteiger partial charge in [0, 0.05) is 31.2 Å². The first-order valence-electron chi connectivity index (χ1n) is 8.55. The highest BCUT2D eigenvalue weighted by atomic mass is 35.5. The largest absolute Gasteiger partial charge is 0.357 e. The maximum absolute atomic E-state index is 12.0. The van der Waals surface area contributed by atoms with E-state index in [9.17, 15) is 4.79 Å². The Morgan fingerprint density at radius 2 is 2.00 bits per heavy atom. The van der Waals surface area contributed by atoms with Crippen molar-refractivity contribution in [3.63, 3.8) is 0 Å². The summed E-state index contributed by atoms with van der Waals surface area (Å²) in [7, 11) is 0. The number of thiazole rings is 1. The summed E-state index contributed by atoms with van der Waals surface area (Å²) < 4.78 is 0. The standard InChI is InChI=1S/C18H24ClN5OS/c1-3-20-18(22-9-8-14-6-4-5-7-15(14)19)23-11-10-21-17(25)16-13(2)24-12-26-16/h4-7,12H,3,8-11H2,1-2H3,(H,21,25)(H2,20,22,23). The average molecular weight is 394 g/mol. The van der Waals surface area contributed by atoms with Crippen molar-refractivity contribution in [2.75, 3.05) is 26.2 Å². The summed E-state index contributed by atoms with van der Waals surface area (Å²) in [6.07, 6.45) is 0.775. The Hall–Kier alpha value is -2.12. The molecule has 3 N–H and O–H groups in total. The molecule has 1 aromatic carbocycles. The Bertz CT molecular complexity index is 747. The molecule has 0 fully saturated rings. The lowest BCUT2D eigenvalue weighted by molar-refractivity contribution is 0.0957. The topological polar surface area (TPSA) is 78.4 Å². The molecule has 0 aliphatic carbocycles. The number of aryl methyl sites for hydroxylation is 1. The fraction of sp³-hybridized carbons (Fsp3) is 0.389. The van der Waals surface area contributed by atoms with Crippen molar-refractivity contribution in [3.05, 3.63) is 50.9 Å². The van der Waals surface area contributed by atoms with Gasteiger partial charge in [-0.25, -0.2) is 4.98 Å². The molecule has 0 aliphatic rings. The minimum Gasteiger partial charge on any atom is -0.357 e. The molecule has 1 aromatic heterocycles. The number of nitrogens with one attached hydrogen (secondary N) is 3. The van der Waals surface area contributed by atoms with Gasteiger partial charge in [-0.2, -0.15) is 0 Å². The van der Waals surface area contributed by atoms with Gasteiger partial charge in [-0.05, 0) is 31.9 Å². The lowest BCUT2D eigenvalue weighted by Gasteiger charge is -2.12. The fourth-order valence-electron chi connectivity index (χ4n) is 2.29. The van der Waals surface area contributed by atoms with Crippen LogP contribution in [0.3, 0.4) is 0 Å². The van der Waals surface area contributed by atoms with E-state index in [1.807, 2.05) is 38.1 Å². The molecule has 1 heterocycles. The van der Waals surface area contributed by atoms with Crippen molar-refractivity contribution in [1.29, 1.82) is 0 Å². The van der Waals surface area contributed by atoms with Gasteiger partial charge in [-0.1, -0.05) is 29.8 Å². The molecule has 0 saturated heterocycles. The van der Waals surface area contributed by atoms with Crippen LogP contribution in [0.5, 0.6) is 0 Å². The first kappa shape index (κ1) is 20.2. The number of aromatic nitrogens is 1. The van der Waals surface area contributed by atoms with Gasteiger partial charge in [0.1, 0.15) is 4.88 Å². The number of hydrogen-bond donors (Lipinski definition) is 3. The molecule has 1 amide bonds. The Morgan fingerprint density at radius 1 is 1.23 bits per heavy atom. The second-order valence-electron chi connectivity index (χ2n) is 5.55. The summed E-state index contributed by atoms with van der Waals surface area (Å²) in [5.41, 5.74) is 3.52. The highest BCUT2D eigenvalue weighted by molar-refractivity contribution is 7.11. The molecule has 0 bridgehead atoms. The number of aliphatic imine (C=N–C) groups is 1. The van der Waals surface area contributed by atoms with E-state index in [1.165, 1.54) is 11.3 Å². The molecular weight excluding hydrogens is 370 g/mol. The van der Waals surface area contributed by atoms with Crippen LogP contribution < -0.4 is 16.0 Å². The van der Waals surface area contributed by atoms with Gasteiger partial charge in [0.05, 0.1) is 11.2 Å². The Labute approximate surface area is 163 Å². The SMILES string of the molecule is CCNC(=NCCc1ccccc1Cl)NCCNC(=O)c1scnc1C. The maximum Gasteiger partial charge on any atom is 0.263 e. The van der Waals surface area contributed by atoms with E-state index in [1.54, 1.807) is 5.51 Å². The van der Waals surface area contributed by atoms with Gasteiger partial charge in [0.25, 0.3) is 5.91 Å².